The number of hydrogen-bond acceptors (Lipinski definition) is 2. The van der Waals surface area contributed by atoms with E-state index >= 15 is 0 Å². The summed E-state index contributed by atoms with van der Waals surface area (Å²) in [6, 6.07) is 45.1. The van der Waals surface area contributed by atoms with Crippen molar-refractivity contribution in [2.45, 2.75) is 64.3 Å². The number of rotatable bonds is 4. The monoisotopic (exact) mass is 661 g/mol. The van der Waals surface area contributed by atoms with Crippen LogP contribution >= 0.6 is 0 Å². The van der Waals surface area contributed by atoms with Gasteiger partial charge in [0.05, 0.1) is 11.7 Å². The van der Waals surface area contributed by atoms with E-state index < -0.39 is 0 Å². The molecule has 51 heavy (non-hydrogen) atoms. The Morgan fingerprint density at radius 3 is 2.16 bits per heavy atom. The van der Waals surface area contributed by atoms with Gasteiger partial charge in [0.1, 0.15) is 5.58 Å². The number of fused-ring (bicyclic) bond motifs is 8. The van der Waals surface area contributed by atoms with E-state index in [1.54, 1.807) is 5.57 Å². The fourth-order valence-electron chi connectivity index (χ4n) is 10.1. The van der Waals surface area contributed by atoms with E-state index in [2.05, 4.69) is 159 Å². The van der Waals surface area contributed by atoms with E-state index in [0.717, 1.165) is 27.6 Å². The van der Waals surface area contributed by atoms with Gasteiger partial charge in [-0.25, -0.2) is 0 Å². The van der Waals surface area contributed by atoms with E-state index in [1.807, 2.05) is 0 Å². The van der Waals surface area contributed by atoms with Crippen LogP contribution in [0.15, 0.2) is 143 Å². The molecule has 2 nitrogen and oxygen atoms in total. The van der Waals surface area contributed by atoms with Crippen LogP contribution in [-0.2, 0) is 5.41 Å². The van der Waals surface area contributed by atoms with Crippen LogP contribution in [0.25, 0.3) is 49.4 Å². The molecule has 6 aromatic carbocycles. The number of aryl methyl sites for hydroxylation is 2. The van der Waals surface area contributed by atoms with Crippen molar-refractivity contribution >= 4 is 49.7 Å². The topological polar surface area (TPSA) is 16.4 Å². The van der Waals surface area contributed by atoms with E-state index in [-0.39, 0.29) is 17.4 Å². The van der Waals surface area contributed by atoms with Crippen LogP contribution in [-0.4, -0.2) is 6.04 Å². The predicted octanol–water partition coefficient (Wildman–Crippen LogP) is 13.4. The summed E-state index contributed by atoms with van der Waals surface area (Å²) in [6.07, 6.45) is 11.4. The molecule has 2 atom stereocenters. The second kappa shape index (κ2) is 11.6. The number of para-hydroxylation sites is 1. The maximum atomic E-state index is 7.03. The molecule has 1 saturated carbocycles. The van der Waals surface area contributed by atoms with Crippen molar-refractivity contribution in [3.05, 3.63) is 161 Å². The van der Waals surface area contributed by atoms with Crippen molar-refractivity contribution < 1.29 is 4.42 Å². The van der Waals surface area contributed by atoms with Crippen LogP contribution in [0.5, 0.6) is 0 Å². The van der Waals surface area contributed by atoms with E-state index in [9.17, 15) is 0 Å². The molecule has 0 saturated heterocycles. The van der Waals surface area contributed by atoms with Gasteiger partial charge in [0.15, 0.2) is 5.58 Å². The maximum Gasteiger partial charge on any atom is 0.159 e. The summed E-state index contributed by atoms with van der Waals surface area (Å²) >= 11 is 0. The summed E-state index contributed by atoms with van der Waals surface area (Å²) in [5.74, 6) is 0.253. The molecule has 2 heteroatoms. The minimum atomic E-state index is 0.0647. The number of benzene rings is 6. The third-order valence-corrected chi connectivity index (χ3v) is 12.4. The molecule has 2 unspecified atom stereocenters. The van der Waals surface area contributed by atoms with Crippen molar-refractivity contribution in [2.75, 3.05) is 4.90 Å². The summed E-state index contributed by atoms with van der Waals surface area (Å²) in [5.41, 5.74) is 15.5. The summed E-state index contributed by atoms with van der Waals surface area (Å²) in [7, 11) is 0. The van der Waals surface area contributed by atoms with Gasteiger partial charge >= 0.3 is 0 Å². The first-order valence-corrected chi connectivity index (χ1v) is 18.9. The van der Waals surface area contributed by atoms with Gasteiger partial charge in [0.2, 0.25) is 0 Å². The van der Waals surface area contributed by atoms with Crippen molar-refractivity contribution in [2.24, 2.45) is 5.92 Å². The third kappa shape index (κ3) is 4.48. The smallest absolute Gasteiger partial charge is 0.159 e. The lowest BCUT2D eigenvalue weighted by atomic mass is 9.66. The average molecular weight is 662 g/mol. The fourth-order valence-corrected chi connectivity index (χ4v) is 10.1. The molecule has 3 aliphatic carbocycles. The van der Waals surface area contributed by atoms with Crippen molar-refractivity contribution in [3.8, 4) is 11.1 Å². The molecule has 3 aliphatic rings. The molecular weight excluding hydrogens is 619 g/mol. The Labute approximate surface area is 300 Å². The molecule has 1 aromatic heterocycles. The quantitative estimate of drug-likeness (QED) is 0.187. The molecule has 7 aromatic rings. The zero-order valence-electron chi connectivity index (χ0n) is 29.7. The number of anilines is 2. The minimum Gasteiger partial charge on any atom is -0.454 e. The highest BCUT2D eigenvalue weighted by Crippen LogP contribution is 2.59. The highest BCUT2D eigenvalue weighted by molar-refractivity contribution is 6.14. The van der Waals surface area contributed by atoms with Gasteiger partial charge in [-0.3, -0.25) is 0 Å². The third-order valence-electron chi connectivity index (χ3n) is 12.4. The number of nitrogens with zero attached hydrogens (tertiary/aromatic N) is 1. The summed E-state index contributed by atoms with van der Waals surface area (Å²) < 4.78 is 7.03. The highest BCUT2D eigenvalue weighted by Gasteiger charge is 2.49. The first-order valence-electron chi connectivity index (χ1n) is 18.9. The van der Waals surface area contributed by atoms with Crippen LogP contribution in [0, 0.1) is 19.8 Å². The highest BCUT2D eigenvalue weighted by atomic mass is 16.3. The second-order valence-corrected chi connectivity index (χ2v) is 15.3. The Morgan fingerprint density at radius 1 is 0.647 bits per heavy atom. The molecule has 0 amide bonds. The molecule has 0 N–H and O–H groups in total. The lowest BCUT2D eigenvalue weighted by molar-refractivity contribution is 0.349. The lowest BCUT2D eigenvalue weighted by Gasteiger charge is -2.43. The molecule has 10 rings (SSSR count). The molecule has 0 radical (unpaired) electrons. The summed E-state index contributed by atoms with van der Waals surface area (Å²) in [6.45, 7) is 6.93. The molecular formula is C49H43NO. The zero-order valence-corrected chi connectivity index (χ0v) is 29.7. The Bertz CT molecular complexity index is 2570. The van der Waals surface area contributed by atoms with Gasteiger partial charge in [-0.15, -0.1) is 0 Å². The molecule has 1 fully saturated rings. The number of allylic oxidation sites excluding steroid dienone is 2. The predicted molar refractivity (Wildman–Crippen MR) is 215 cm³/mol. The normalized spacial score (nSPS) is 19.3. The van der Waals surface area contributed by atoms with Gasteiger partial charge in [0, 0.05) is 27.4 Å². The Morgan fingerprint density at radius 2 is 1.33 bits per heavy atom. The molecule has 1 spiro atoms. The average Bonchev–Trinajstić information content (AvgIpc) is 3.65. The van der Waals surface area contributed by atoms with Gasteiger partial charge in [0.25, 0.3) is 0 Å². The van der Waals surface area contributed by atoms with E-state index in [4.69, 9.17) is 4.42 Å². The van der Waals surface area contributed by atoms with Crippen LogP contribution in [0.2, 0.25) is 0 Å². The molecule has 250 valence electrons. The van der Waals surface area contributed by atoms with Gasteiger partial charge in [-0.1, -0.05) is 135 Å². The zero-order chi connectivity index (χ0) is 34.3. The first-order chi connectivity index (χ1) is 25.0. The van der Waals surface area contributed by atoms with Crippen molar-refractivity contribution in [3.63, 3.8) is 0 Å². The van der Waals surface area contributed by atoms with Gasteiger partial charge in [-0.05, 0) is 107 Å². The Kier molecular flexibility index (Phi) is 6.93. The number of furan rings is 1. The standard InChI is InChI=1S/C49H43NO/c1-31-15-5-8-19-36(31)45-32(2)16-13-23-42(45)50(43-24-14-21-37-39-29-34-17-6-7-18-35(34)30-44(39)51-48(37)43)47-33(3)25-26-41-46(47)38-20-9-10-22-40(38)49(41)27-11-4-12-28-49/h5-10,13-26,29-30,33,47H,4,11-12,27-28H2,1-3H3. The van der Waals surface area contributed by atoms with Gasteiger partial charge in [-0.2, -0.15) is 0 Å². The molecule has 1 heterocycles. The van der Waals surface area contributed by atoms with E-state index in [0.29, 0.717) is 0 Å². The SMILES string of the molecule is Cc1ccccc1-c1c(C)cccc1N(c1cccc2c1oc1cc3ccccc3cc12)C1C2=C(C=CC1C)C1(CCCCC1)c1ccccc12. The Hall–Kier alpha value is -5.34. The summed E-state index contributed by atoms with van der Waals surface area (Å²) in [5, 5.41) is 4.76. The number of hydrogen-bond donors (Lipinski definition) is 0. The van der Waals surface area contributed by atoms with Crippen LogP contribution < -0.4 is 4.90 Å². The minimum absolute atomic E-state index is 0.0647. The van der Waals surface area contributed by atoms with Crippen LogP contribution in [0.1, 0.15) is 61.3 Å². The first kappa shape index (κ1) is 30.5. The fraction of sp³-hybridized carbons (Fsp3) is 0.224. The van der Waals surface area contributed by atoms with E-state index in [1.165, 1.54) is 87.5 Å². The summed E-state index contributed by atoms with van der Waals surface area (Å²) in [4.78, 5) is 2.68. The molecule has 0 aliphatic heterocycles. The van der Waals surface area contributed by atoms with Crippen LogP contribution in [0.3, 0.4) is 0 Å². The maximum absolute atomic E-state index is 7.03. The van der Waals surface area contributed by atoms with Crippen molar-refractivity contribution in [1.82, 2.24) is 0 Å². The lowest BCUT2D eigenvalue weighted by Crippen LogP contribution is -2.39. The largest absolute Gasteiger partial charge is 0.454 e. The van der Waals surface area contributed by atoms with Gasteiger partial charge < -0.3 is 9.32 Å². The second-order valence-electron chi connectivity index (χ2n) is 15.3. The van der Waals surface area contributed by atoms with Crippen LogP contribution in [0.4, 0.5) is 11.4 Å². The molecule has 0 bridgehead atoms. The van der Waals surface area contributed by atoms with Crippen molar-refractivity contribution in [1.29, 1.82) is 0 Å². The Balaban J connectivity index is 1.30.